The van der Waals surface area contributed by atoms with Crippen LogP contribution in [0.5, 0.6) is 11.5 Å². The second kappa shape index (κ2) is 13.4. The van der Waals surface area contributed by atoms with E-state index in [9.17, 15) is 0 Å². The molecule has 11 nitrogen and oxygen atoms in total. The van der Waals surface area contributed by atoms with Gasteiger partial charge in [0.1, 0.15) is 0 Å². The highest BCUT2D eigenvalue weighted by Gasteiger charge is 2.39. The molecule has 2 fully saturated rings. The van der Waals surface area contributed by atoms with Crippen molar-refractivity contribution in [1.29, 1.82) is 0 Å². The van der Waals surface area contributed by atoms with Crippen molar-refractivity contribution in [2.45, 2.75) is 38.3 Å². The Morgan fingerprint density at radius 1 is 0.861 bits per heavy atom. The van der Waals surface area contributed by atoms with Gasteiger partial charge >= 0.3 is 0 Å². The van der Waals surface area contributed by atoms with Gasteiger partial charge in [0.05, 0.1) is 40.6 Å². The minimum absolute atomic E-state index is 0.426. The number of ether oxygens (including phenoxy) is 4. The summed E-state index contributed by atoms with van der Waals surface area (Å²) in [7, 11) is 3.25. The maximum absolute atomic E-state index is 5.60. The first-order chi connectivity index (χ1) is 17.7. The van der Waals surface area contributed by atoms with Crippen LogP contribution in [0.1, 0.15) is 31.2 Å². The Hall–Kier alpha value is -2.89. The molecular weight excluding hydrogens is 462 g/mol. The fourth-order valence-electron chi connectivity index (χ4n) is 5.00. The molecule has 4 rings (SSSR count). The third-order valence-electron chi connectivity index (χ3n) is 6.75. The Balaban J connectivity index is 1.36. The van der Waals surface area contributed by atoms with Crippen LogP contribution in [0, 0.1) is 11.8 Å². The summed E-state index contributed by atoms with van der Waals surface area (Å²) in [6.07, 6.45) is 5.13. The Kier molecular flexibility index (Phi) is 9.76. The van der Waals surface area contributed by atoms with E-state index in [4.69, 9.17) is 24.7 Å². The van der Waals surface area contributed by atoms with Crippen LogP contribution in [0.4, 0.5) is 17.8 Å². The van der Waals surface area contributed by atoms with Crippen molar-refractivity contribution >= 4 is 17.8 Å². The number of benzene rings is 1. The van der Waals surface area contributed by atoms with Crippen molar-refractivity contribution in [3.8, 4) is 11.5 Å². The van der Waals surface area contributed by atoms with Crippen molar-refractivity contribution in [3.05, 3.63) is 23.8 Å². The summed E-state index contributed by atoms with van der Waals surface area (Å²) in [5, 5.41) is 10.2. The quantitative estimate of drug-likeness (QED) is 0.252. The molecule has 2 aliphatic rings. The lowest BCUT2D eigenvalue weighted by molar-refractivity contribution is 0.0547. The van der Waals surface area contributed by atoms with Gasteiger partial charge in [0.15, 0.2) is 11.5 Å². The molecule has 36 heavy (non-hydrogen) atoms. The number of aromatic nitrogens is 3. The summed E-state index contributed by atoms with van der Waals surface area (Å²) in [6.45, 7) is 3.73. The van der Waals surface area contributed by atoms with Crippen molar-refractivity contribution in [2.75, 3.05) is 69.7 Å². The van der Waals surface area contributed by atoms with E-state index in [1.807, 2.05) is 18.2 Å². The Morgan fingerprint density at radius 2 is 1.61 bits per heavy atom. The number of hydrogen-bond acceptors (Lipinski definition) is 11. The number of nitrogens with one attached hydrogen (secondary N) is 3. The predicted molar refractivity (Wildman–Crippen MR) is 139 cm³/mol. The number of anilines is 3. The van der Waals surface area contributed by atoms with Gasteiger partial charge in [0.2, 0.25) is 17.8 Å². The Labute approximate surface area is 212 Å². The SMILES string of the molecule is COc1ccc(CNc2nc(NCCOCCOCCN)nc(NC3CC4CCC3C4)n2)cc1OC. The van der Waals surface area contributed by atoms with Gasteiger partial charge in [-0.15, -0.1) is 0 Å². The number of rotatable bonds is 16. The number of nitrogens with zero attached hydrogens (tertiary/aromatic N) is 3. The van der Waals surface area contributed by atoms with Crippen LogP contribution < -0.4 is 31.2 Å². The van der Waals surface area contributed by atoms with Crippen LogP contribution in [0.15, 0.2) is 18.2 Å². The average molecular weight is 502 g/mol. The molecule has 0 aliphatic heterocycles. The summed E-state index contributed by atoms with van der Waals surface area (Å²) < 4.78 is 21.7. The van der Waals surface area contributed by atoms with Gasteiger partial charge in [-0.1, -0.05) is 12.5 Å². The highest BCUT2D eigenvalue weighted by molar-refractivity contribution is 5.46. The van der Waals surface area contributed by atoms with E-state index in [1.54, 1.807) is 14.2 Å². The molecule has 1 aromatic heterocycles. The lowest BCUT2D eigenvalue weighted by atomic mass is 9.95. The maximum atomic E-state index is 5.60. The third-order valence-corrected chi connectivity index (χ3v) is 6.75. The molecule has 3 atom stereocenters. The normalized spacial score (nSPS) is 20.4. The number of fused-ring (bicyclic) bond motifs is 2. The van der Waals surface area contributed by atoms with Gasteiger partial charge in [-0.05, 0) is 48.8 Å². The lowest BCUT2D eigenvalue weighted by Crippen LogP contribution is -2.27. The van der Waals surface area contributed by atoms with Gasteiger partial charge in [-0.25, -0.2) is 0 Å². The molecule has 11 heteroatoms. The Bertz CT molecular complexity index is 964. The third kappa shape index (κ3) is 7.31. The average Bonchev–Trinajstić information content (AvgIpc) is 3.52. The minimum Gasteiger partial charge on any atom is -0.493 e. The van der Waals surface area contributed by atoms with E-state index < -0.39 is 0 Å². The van der Waals surface area contributed by atoms with Crippen LogP contribution in [0.2, 0.25) is 0 Å². The highest BCUT2D eigenvalue weighted by Crippen LogP contribution is 2.45. The summed E-state index contributed by atoms with van der Waals surface area (Å²) in [6, 6.07) is 6.24. The zero-order valence-corrected chi connectivity index (χ0v) is 21.3. The topological polar surface area (TPSA) is 138 Å². The molecule has 2 saturated carbocycles. The number of nitrogens with two attached hydrogens (primary N) is 1. The molecule has 2 aliphatic carbocycles. The molecular formula is C25H39N7O4. The minimum atomic E-state index is 0.426. The summed E-state index contributed by atoms with van der Waals surface area (Å²) in [5.41, 5.74) is 6.44. The van der Waals surface area contributed by atoms with Gasteiger partial charge in [-0.2, -0.15) is 15.0 Å². The van der Waals surface area contributed by atoms with E-state index in [2.05, 4.69) is 30.9 Å². The fourth-order valence-corrected chi connectivity index (χ4v) is 5.00. The molecule has 0 radical (unpaired) electrons. The largest absolute Gasteiger partial charge is 0.493 e. The molecule has 0 spiro atoms. The van der Waals surface area contributed by atoms with Crippen molar-refractivity contribution in [1.82, 2.24) is 15.0 Å². The molecule has 1 aromatic carbocycles. The van der Waals surface area contributed by atoms with Crippen LogP contribution in [0.3, 0.4) is 0 Å². The fraction of sp³-hybridized carbons (Fsp3) is 0.640. The first-order valence-corrected chi connectivity index (χ1v) is 12.7. The van der Waals surface area contributed by atoms with Crippen molar-refractivity contribution < 1.29 is 18.9 Å². The summed E-state index contributed by atoms with van der Waals surface area (Å²) >= 11 is 0. The molecule has 198 valence electrons. The zero-order chi connectivity index (χ0) is 25.2. The van der Waals surface area contributed by atoms with Crippen LogP contribution >= 0.6 is 0 Å². The smallest absolute Gasteiger partial charge is 0.229 e. The molecule has 2 aromatic rings. The van der Waals surface area contributed by atoms with E-state index in [0.29, 0.717) is 87.4 Å². The summed E-state index contributed by atoms with van der Waals surface area (Å²) in [4.78, 5) is 13.9. The zero-order valence-electron chi connectivity index (χ0n) is 21.3. The van der Waals surface area contributed by atoms with Gasteiger partial charge in [0, 0.05) is 25.7 Å². The monoisotopic (exact) mass is 501 g/mol. The molecule has 3 unspecified atom stereocenters. The Morgan fingerprint density at radius 3 is 2.31 bits per heavy atom. The van der Waals surface area contributed by atoms with E-state index >= 15 is 0 Å². The molecule has 2 bridgehead atoms. The van der Waals surface area contributed by atoms with Crippen molar-refractivity contribution in [2.24, 2.45) is 17.6 Å². The van der Waals surface area contributed by atoms with E-state index in [0.717, 1.165) is 11.5 Å². The van der Waals surface area contributed by atoms with Crippen LogP contribution in [-0.4, -0.2) is 74.7 Å². The number of methoxy groups -OCH3 is 2. The summed E-state index contributed by atoms with van der Waals surface area (Å²) in [5.74, 6) is 4.52. The molecule has 0 saturated heterocycles. The van der Waals surface area contributed by atoms with Gasteiger partial charge < -0.3 is 40.6 Å². The first kappa shape index (κ1) is 26.2. The maximum Gasteiger partial charge on any atom is 0.229 e. The van der Waals surface area contributed by atoms with Crippen LogP contribution in [0.25, 0.3) is 0 Å². The van der Waals surface area contributed by atoms with Crippen LogP contribution in [-0.2, 0) is 16.0 Å². The van der Waals surface area contributed by atoms with Gasteiger partial charge in [-0.3, -0.25) is 0 Å². The molecule has 5 N–H and O–H groups in total. The van der Waals surface area contributed by atoms with Gasteiger partial charge in [0.25, 0.3) is 0 Å². The lowest BCUT2D eigenvalue weighted by Gasteiger charge is -2.23. The second-order valence-corrected chi connectivity index (χ2v) is 9.22. The standard InChI is InChI=1S/C25H39N7O4/c1-33-21-6-4-18(15-22(21)34-2)16-28-24-30-23(27-8-10-36-12-11-35-9-7-26)31-25(32-24)29-20-14-17-3-5-19(20)13-17/h4,6,15,17,19-20H,3,5,7-14,16,26H2,1-2H3,(H3,27,28,29,30,31,32). The van der Waals surface area contributed by atoms with Crippen molar-refractivity contribution in [3.63, 3.8) is 0 Å². The predicted octanol–water partition coefficient (Wildman–Crippen LogP) is 2.51. The number of hydrogen-bond donors (Lipinski definition) is 4. The molecule has 0 amide bonds. The molecule has 1 heterocycles. The highest BCUT2D eigenvalue weighted by atomic mass is 16.5. The van der Waals surface area contributed by atoms with E-state index in [1.165, 1.54) is 25.7 Å². The van der Waals surface area contributed by atoms with E-state index in [-0.39, 0.29) is 0 Å². The second-order valence-electron chi connectivity index (χ2n) is 9.22. The first-order valence-electron chi connectivity index (χ1n) is 12.7.